The average Bonchev–Trinajstić information content (AvgIpc) is 2.83. The number of benzene rings is 3. The molecule has 10 heteroatoms. The van der Waals surface area contributed by atoms with Gasteiger partial charge >= 0.3 is 0 Å². The van der Waals surface area contributed by atoms with Gasteiger partial charge in [-0.25, -0.2) is 12.7 Å². The van der Waals surface area contributed by atoms with Crippen molar-refractivity contribution in [3.8, 4) is 11.5 Å². The second-order valence-corrected chi connectivity index (χ2v) is 11.5. The smallest absolute Gasteiger partial charge is 0.228 e. The first-order valence-electron chi connectivity index (χ1n) is 11.0. The Morgan fingerprint density at radius 1 is 1.00 bits per heavy atom. The summed E-state index contributed by atoms with van der Waals surface area (Å²) >= 11 is 18.3. The number of anilines is 1. The molecule has 1 fully saturated rings. The van der Waals surface area contributed by atoms with Gasteiger partial charge in [0.15, 0.2) is 5.75 Å². The number of nitrogens with zero attached hydrogens (tertiary/aromatic N) is 1. The van der Waals surface area contributed by atoms with Crippen LogP contribution >= 0.6 is 34.8 Å². The maximum absolute atomic E-state index is 13.1. The minimum Gasteiger partial charge on any atom is -0.455 e. The van der Waals surface area contributed by atoms with Crippen molar-refractivity contribution in [3.05, 3.63) is 87.4 Å². The molecule has 6 nitrogen and oxygen atoms in total. The molecule has 1 N–H and O–H groups in total. The Balaban J connectivity index is 1.46. The number of amides is 1. The Labute approximate surface area is 219 Å². The summed E-state index contributed by atoms with van der Waals surface area (Å²) in [5, 5.41) is 4.03. The molecule has 1 aliphatic heterocycles. The lowest BCUT2D eigenvalue weighted by atomic mass is 9.98. The van der Waals surface area contributed by atoms with E-state index in [2.05, 4.69) is 5.32 Å². The molecule has 35 heavy (non-hydrogen) atoms. The minimum absolute atomic E-state index is 0.0782. The molecule has 3 aromatic carbocycles. The number of carbonyl (C=O) groups excluding carboxylic acids is 1. The summed E-state index contributed by atoms with van der Waals surface area (Å²) in [6.07, 6.45) is 1.13. The Morgan fingerprint density at radius 3 is 2.46 bits per heavy atom. The van der Waals surface area contributed by atoms with E-state index < -0.39 is 15.9 Å². The Morgan fingerprint density at radius 2 is 1.71 bits per heavy atom. The first-order chi connectivity index (χ1) is 16.7. The molecule has 0 spiro atoms. The summed E-state index contributed by atoms with van der Waals surface area (Å²) in [5.41, 5.74) is 0.878. The van der Waals surface area contributed by atoms with E-state index >= 15 is 0 Å². The Kier molecular flexibility index (Phi) is 8.24. The van der Waals surface area contributed by atoms with E-state index in [9.17, 15) is 13.2 Å². The van der Waals surface area contributed by atoms with E-state index in [-0.39, 0.29) is 18.2 Å². The van der Waals surface area contributed by atoms with Crippen molar-refractivity contribution in [1.29, 1.82) is 0 Å². The number of para-hydroxylation sites is 1. The molecule has 0 radical (unpaired) electrons. The van der Waals surface area contributed by atoms with Gasteiger partial charge in [0.05, 0.1) is 17.4 Å². The second-order valence-electron chi connectivity index (χ2n) is 8.23. The van der Waals surface area contributed by atoms with Gasteiger partial charge in [0, 0.05) is 28.2 Å². The molecular formula is C25H23Cl3N2O4S. The van der Waals surface area contributed by atoms with Crippen molar-refractivity contribution in [2.45, 2.75) is 18.6 Å². The number of halogens is 3. The maximum Gasteiger partial charge on any atom is 0.228 e. The normalized spacial score (nSPS) is 16.6. The number of hydrogen-bond acceptors (Lipinski definition) is 4. The van der Waals surface area contributed by atoms with E-state index in [0.29, 0.717) is 57.2 Å². The number of hydrogen-bond donors (Lipinski definition) is 1. The van der Waals surface area contributed by atoms with Gasteiger partial charge in [-0.3, -0.25) is 4.79 Å². The zero-order valence-electron chi connectivity index (χ0n) is 18.6. The van der Waals surface area contributed by atoms with Crippen LogP contribution in [0.2, 0.25) is 15.1 Å². The summed E-state index contributed by atoms with van der Waals surface area (Å²) < 4.78 is 33.4. The van der Waals surface area contributed by atoms with E-state index in [1.165, 1.54) is 10.4 Å². The Hall–Kier alpha value is -2.29. The molecule has 0 unspecified atom stereocenters. The molecule has 0 aliphatic carbocycles. The van der Waals surface area contributed by atoms with Gasteiger partial charge in [0.25, 0.3) is 0 Å². The predicted octanol–water partition coefficient (Wildman–Crippen LogP) is 6.62. The highest BCUT2D eigenvalue weighted by Crippen LogP contribution is 2.33. The average molecular weight is 554 g/mol. The molecule has 1 atom stereocenters. The van der Waals surface area contributed by atoms with Crippen LogP contribution in [0.15, 0.2) is 66.7 Å². The highest BCUT2D eigenvalue weighted by molar-refractivity contribution is 7.88. The van der Waals surface area contributed by atoms with Crippen molar-refractivity contribution < 1.29 is 17.9 Å². The third kappa shape index (κ3) is 6.68. The van der Waals surface area contributed by atoms with Gasteiger partial charge < -0.3 is 10.1 Å². The fourth-order valence-corrected chi connectivity index (χ4v) is 6.24. The van der Waals surface area contributed by atoms with Crippen LogP contribution < -0.4 is 10.1 Å². The molecule has 0 aromatic heterocycles. The number of nitrogens with one attached hydrogen (secondary N) is 1. The van der Waals surface area contributed by atoms with Crippen molar-refractivity contribution in [2.24, 2.45) is 5.92 Å². The quantitative estimate of drug-likeness (QED) is 0.357. The fourth-order valence-electron chi connectivity index (χ4n) is 3.87. The van der Waals surface area contributed by atoms with Gasteiger partial charge in [-0.05, 0) is 60.9 Å². The van der Waals surface area contributed by atoms with E-state index in [0.717, 1.165) is 0 Å². The van der Waals surface area contributed by atoms with Crippen molar-refractivity contribution in [3.63, 3.8) is 0 Å². The van der Waals surface area contributed by atoms with Crippen molar-refractivity contribution >= 4 is 56.4 Å². The largest absolute Gasteiger partial charge is 0.455 e. The number of carbonyl (C=O) groups is 1. The lowest BCUT2D eigenvalue weighted by molar-refractivity contribution is -0.120. The van der Waals surface area contributed by atoms with Crippen LogP contribution in [0.3, 0.4) is 0 Å². The highest BCUT2D eigenvalue weighted by atomic mass is 35.5. The molecular weight excluding hydrogens is 531 g/mol. The summed E-state index contributed by atoms with van der Waals surface area (Å²) in [6.45, 7) is 0.422. The van der Waals surface area contributed by atoms with Crippen LogP contribution in [-0.4, -0.2) is 31.7 Å². The van der Waals surface area contributed by atoms with E-state index in [1.807, 2.05) is 18.2 Å². The summed E-state index contributed by atoms with van der Waals surface area (Å²) in [7, 11) is -3.69. The maximum atomic E-state index is 13.1. The molecule has 1 aliphatic rings. The van der Waals surface area contributed by atoms with Crippen molar-refractivity contribution in [1.82, 2.24) is 4.31 Å². The molecule has 0 bridgehead atoms. The van der Waals surface area contributed by atoms with Crippen LogP contribution in [0.1, 0.15) is 18.4 Å². The third-order valence-electron chi connectivity index (χ3n) is 5.67. The van der Waals surface area contributed by atoms with Crippen LogP contribution in [0, 0.1) is 5.92 Å². The Bertz CT molecular complexity index is 1320. The summed E-state index contributed by atoms with van der Waals surface area (Å²) in [5.74, 6) is -0.0362. The monoisotopic (exact) mass is 552 g/mol. The van der Waals surface area contributed by atoms with Gasteiger partial charge in [-0.2, -0.15) is 0 Å². The third-order valence-corrected chi connectivity index (χ3v) is 8.29. The minimum atomic E-state index is -3.69. The van der Waals surface area contributed by atoms with Crippen LogP contribution in [-0.2, 0) is 20.6 Å². The van der Waals surface area contributed by atoms with Crippen LogP contribution in [0.4, 0.5) is 5.69 Å². The summed E-state index contributed by atoms with van der Waals surface area (Å²) in [4.78, 5) is 13.1. The number of rotatable bonds is 7. The van der Waals surface area contributed by atoms with Gasteiger partial charge in [0.2, 0.25) is 15.9 Å². The van der Waals surface area contributed by atoms with Crippen molar-refractivity contribution in [2.75, 3.05) is 18.4 Å². The first kappa shape index (κ1) is 25.8. The standard InChI is InChI=1S/C25H23Cl3N2O4S/c26-19-9-8-18(22(28)13-19)16-35(32,33)30-12-4-5-17(15-30)25(31)29-23-14-20(27)10-11-24(23)34-21-6-2-1-3-7-21/h1-3,6-11,13-14,17H,4-5,12,15-16H2,(H,29,31)/t17-/m0/s1. The van der Waals surface area contributed by atoms with E-state index in [1.54, 1.807) is 42.5 Å². The summed E-state index contributed by atoms with van der Waals surface area (Å²) in [6, 6.07) is 18.8. The molecule has 184 valence electrons. The molecule has 3 aromatic rings. The fraction of sp³-hybridized carbons (Fsp3) is 0.240. The first-order valence-corrected chi connectivity index (χ1v) is 13.7. The zero-order chi connectivity index (χ0) is 25.0. The van der Waals surface area contributed by atoms with Crippen LogP contribution in [0.25, 0.3) is 0 Å². The lowest BCUT2D eigenvalue weighted by Gasteiger charge is -2.31. The van der Waals surface area contributed by atoms with Gasteiger partial charge in [-0.15, -0.1) is 0 Å². The molecule has 0 saturated carbocycles. The number of ether oxygens (including phenoxy) is 1. The second kappa shape index (κ2) is 11.2. The SMILES string of the molecule is O=C(Nc1cc(Cl)ccc1Oc1ccccc1)[C@H]1CCCN(S(=O)(=O)Cc2ccc(Cl)cc2Cl)C1. The van der Waals surface area contributed by atoms with Gasteiger partial charge in [-0.1, -0.05) is 59.1 Å². The number of sulfonamides is 1. The zero-order valence-corrected chi connectivity index (χ0v) is 21.7. The predicted molar refractivity (Wildman–Crippen MR) is 140 cm³/mol. The highest BCUT2D eigenvalue weighted by Gasteiger charge is 2.33. The van der Waals surface area contributed by atoms with Gasteiger partial charge in [0.1, 0.15) is 5.75 Å². The van der Waals surface area contributed by atoms with Crippen LogP contribution in [0.5, 0.6) is 11.5 Å². The topological polar surface area (TPSA) is 75.7 Å². The molecule has 1 heterocycles. The lowest BCUT2D eigenvalue weighted by Crippen LogP contribution is -2.44. The molecule has 1 saturated heterocycles. The molecule has 1 amide bonds. The number of piperidine rings is 1. The molecule has 4 rings (SSSR count). The van der Waals surface area contributed by atoms with E-state index in [4.69, 9.17) is 39.5 Å².